The fraction of sp³-hybridized carbons (Fsp3) is 0.130. The number of aryl methyl sites for hydroxylation is 2. The lowest BCUT2D eigenvalue weighted by molar-refractivity contribution is -0.111. The number of ether oxygens (including phenoxy) is 1. The zero-order valence-electron chi connectivity index (χ0n) is 15.5. The normalized spacial score (nSPS) is 10.7. The molecular formula is C23H22N2O2. The number of carbonyl (C=O) groups excluding carboxylic acids is 1. The van der Waals surface area contributed by atoms with E-state index in [1.54, 1.807) is 24.4 Å². The van der Waals surface area contributed by atoms with E-state index in [0.29, 0.717) is 18.2 Å². The molecule has 0 saturated heterocycles. The van der Waals surface area contributed by atoms with Crippen molar-refractivity contribution in [1.82, 2.24) is 4.98 Å². The van der Waals surface area contributed by atoms with Gasteiger partial charge in [0.15, 0.2) is 11.6 Å². The van der Waals surface area contributed by atoms with Gasteiger partial charge in [0.25, 0.3) is 0 Å². The first-order valence-corrected chi connectivity index (χ1v) is 8.80. The van der Waals surface area contributed by atoms with Crippen molar-refractivity contribution in [2.75, 3.05) is 5.32 Å². The van der Waals surface area contributed by atoms with E-state index < -0.39 is 0 Å². The molecule has 1 heterocycles. The fourth-order valence-electron chi connectivity index (χ4n) is 2.54. The maximum atomic E-state index is 12.2. The van der Waals surface area contributed by atoms with E-state index in [-0.39, 0.29) is 5.91 Å². The second kappa shape index (κ2) is 8.81. The van der Waals surface area contributed by atoms with Crippen LogP contribution in [0.3, 0.4) is 0 Å². The Bertz CT molecular complexity index is 947. The summed E-state index contributed by atoms with van der Waals surface area (Å²) >= 11 is 0. The van der Waals surface area contributed by atoms with Gasteiger partial charge < -0.3 is 10.1 Å². The molecule has 136 valence electrons. The van der Waals surface area contributed by atoms with Gasteiger partial charge in [0.2, 0.25) is 5.91 Å². The number of aromatic nitrogens is 1. The summed E-state index contributed by atoms with van der Waals surface area (Å²) in [4.78, 5) is 16.5. The molecule has 0 aliphatic rings. The molecule has 0 atom stereocenters. The van der Waals surface area contributed by atoms with Gasteiger partial charge in [-0.2, -0.15) is 0 Å². The second-order valence-corrected chi connectivity index (χ2v) is 6.30. The van der Waals surface area contributed by atoms with Crippen molar-refractivity contribution < 1.29 is 9.53 Å². The molecule has 0 fully saturated rings. The minimum atomic E-state index is -0.255. The van der Waals surface area contributed by atoms with E-state index in [9.17, 15) is 4.79 Å². The molecule has 0 aliphatic carbocycles. The highest BCUT2D eigenvalue weighted by Crippen LogP contribution is 2.22. The van der Waals surface area contributed by atoms with Crippen LogP contribution in [-0.2, 0) is 11.4 Å². The lowest BCUT2D eigenvalue weighted by Gasteiger charge is -2.12. The topological polar surface area (TPSA) is 51.2 Å². The molecule has 0 aliphatic heterocycles. The van der Waals surface area contributed by atoms with Gasteiger partial charge in [-0.1, -0.05) is 54.1 Å². The summed E-state index contributed by atoms with van der Waals surface area (Å²) in [5.41, 5.74) is 4.40. The summed E-state index contributed by atoms with van der Waals surface area (Å²) in [5, 5.41) is 2.78. The molecular weight excluding hydrogens is 336 g/mol. The molecule has 1 amide bonds. The summed E-state index contributed by atoms with van der Waals surface area (Å²) in [6, 6.07) is 19.6. The second-order valence-electron chi connectivity index (χ2n) is 6.30. The molecule has 0 spiro atoms. The lowest BCUT2D eigenvalue weighted by Crippen LogP contribution is -2.11. The first-order valence-electron chi connectivity index (χ1n) is 8.80. The number of anilines is 1. The Balaban J connectivity index is 1.65. The maximum absolute atomic E-state index is 12.2. The summed E-state index contributed by atoms with van der Waals surface area (Å²) in [7, 11) is 0. The predicted molar refractivity (Wildman–Crippen MR) is 109 cm³/mol. The van der Waals surface area contributed by atoms with Crippen LogP contribution in [0.5, 0.6) is 5.75 Å². The number of nitrogens with zero attached hydrogens (tertiary/aromatic N) is 1. The highest BCUT2D eigenvalue weighted by Gasteiger charge is 2.08. The molecule has 4 nitrogen and oxygen atoms in total. The largest absolute Gasteiger partial charge is 0.485 e. The van der Waals surface area contributed by atoms with Crippen LogP contribution in [0.2, 0.25) is 0 Å². The highest BCUT2D eigenvalue weighted by molar-refractivity contribution is 6.02. The maximum Gasteiger partial charge on any atom is 0.249 e. The van der Waals surface area contributed by atoms with Crippen LogP contribution in [0.4, 0.5) is 5.82 Å². The molecule has 3 aromatic rings. The van der Waals surface area contributed by atoms with Crippen molar-refractivity contribution >= 4 is 17.8 Å². The molecule has 1 aromatic heterocycles. The Morgan fingerprint density at radius 3 is 2.59 bits per heavy atom. The third kappa shape index (κ3) is 5.28. The Morgan fingerprint density at radius 2 is 1.81 bits per heavy atom. The summed E-state index contributed by atoms with van der Waals surface area (Å²) in [6.07, 6.45) is 4.88. The van der Waals surface area contributed by atoms with E-state index >= 15 is 0 Å². The molecule has 3 rings (SSSR count). The van der Waals surface area contributed by atoms with Crippen LogP contribution in [-0.4, -0.2) is 10.9 Å². The molecule has 1 N–H and O–H groups in total. The van der Waals surface area contributed by atoms with E-state index in [4.69, 9.17) is 4.74 Å². The Kier molecular flexibility index (Phi) is 6.00. The van der Waals surface area contributed by atoms with Crippen LogP contribution in [0.1, 0.15) is 22.3 Å². The first kappa shape index (κ1) is 18.4. The molecule has 0 unspecified atom stereocenters. The van der Waals surface area contributed by atoms with E-state index in [0.717, 1.165) is 16.7 Å². The van der Waals surface area contributed by atoms with Crippen LogP contribution >= 0.6 is 0 Å². The Morgan fingerprint density at radius 1 is 1.04 bits per heavy atom. The van der Waals surface area contributed by atoms with Gasteiger partial charge in [-0.3, -0.25) is 4.79 Å². The minimum Gasteiger partial charge on any atom is -0.485 e. The number of carbonyl (C=O) groups is 1. The molecule has 0 radical (unpaired) electrons. The molecule has 4 heteroatoms. The predicted octanol–water partition coefficient (Wildman–Crippen LogP) is 4.93. The fourth-order valence-corrected chi connectivity index (χ4v) is 2.54. The van der Waals surface area contributed by atoms with Crippen LogP contribution in [0.15, 0.2) is 72.9 Å². The monoisotopic (exact) mass is 358 g/mol. The van der Waals surface area contributed by atoms with E-state index in [2.05, 4.69) is 10.3 Å². The van der Waals surface area contributed by atoms with Gasteiger partial charge in [0.1, 0.15) is 6.61 Å². The van der Waals surface area contributed by atoms with Crippen molar-refractivity contribution in [1.29, 1.82) is 0 Å². The molecule has 0 saturated carbocycles. The van der Waals surface area contributed by atoms with Crippen LogP contribution in [0.25, 0.3) is 6.08 Å². The Hall–Kier alpha value is -3.40. The third-order valence-corrected chi connectivity index (χ3v) is 4.16. The summed E-state index contributed by atoms with van der Waals surface area (Å²) in [6.45, 7) is 4.49. The number of nitrogens with one attached hydrogen (secondary N) is 1. The Labute approximate surface area is 159 Å². The molecule has 0 bridgehead atoms. The number of pyridine rings is 1. The van der Waals surface area contributed by atoms with E-state index in [1.165, 1.54) is 11.6 Å². The SMILES string of the molecule is Cc1ccc(/C=C/C(=O)Nc2ncccc2OCc2ccccc2C)cc1. The number of hydrogen-bond donors (Lipinski definition) is 1. The van der Waals surface area contributed by atoms with Gasteiger partial charge in [0, 0.05) is 12.3 Å². The van der Waals surface area contributed by atoms with Crippen LogP contribution in [0, 0.1) is 13.8 Å². The number of rotatable bonds is 6. The van der Waals surface area contributed by atoms with Gasteiger partial charge in [-0.15, -0.1) is 0 Å². The van der Waals surface area contributed by atoms with Gasteiger partial charge >= 0.3 is 0 Å². The van der Waals surface area contributed by atoms with E-state index in [1.807, 2.05) is 62.4 Å². The van der Waals surface area contributed by atoms with Gasteiger partial charge in [-0.25, -0.2) is 4.98 Å². The third-order valence-electron chi connectivity index (χ3n) is 4.16. The quantitative estimate of drug-likeness (QED) is 0.636. The van der Waals surface area contributed by atoms with Crippen LogP contribution < -0.4 is 10.1 Å². The lowest BCUT2D eigenvalue weighted by atomic mass is 10.1. The average Bonchev–Trinajstić information content (AvgIpc) is 2.68. The van der Waals surface area contributed by atoms with Gasteiger partial charge in [0.05, 0.1) is 0 Å². The standard InChI is InChI=1S/C23H22N2O2/c1-17-9-11-19(12-10-17)13-14-22(26)25-23-21(8-5-15-24-23)27-16-20-7-4-3-6-18(20)2/h3-15H,16H2,1-2H3,(H,24,25,26)/b14-13+. The summed E-state index contributed by atoms with van der Waals surface area (Å²) < 4.78 is 5.88. The van der Waals surface area contributed by atoms with Crippen molar-refractivity contribution in [3.63, 3.8) is 0 Å². The van der Waals surface area contributed by atoms with Gasteiger partial charge in [-0.05, 0) is 48.7 Å². The van der Waals surface area contributed by atoms with Crippen molar-refractivity contribution in [3.05, 3.63) is 95.2 Å². The number of hydrogen-bond acceptors (Lipinski definition) is 3. The van der Waals surface area contributed by atoms with Crippen molar-refractivity contribution in [3.8, 4) is 5.75 Å². The zero-order valence-corrected chi connectivity index (χ0v) is 15.5. The first-order chi connectivity index (χ1) is 13.1. The highest BCUT2D eigenvalue weighted by atomic mass is 16.5. The van der Waals surface area contributed by atoms with Crippen molar-refractivity contribution in [2.24, 2.45) is 0 Å². The zero-order chi connectivity index (χ0) is 19.1. The summed E-state index contributed by atoms with van der Waals surface area (Å²) in [5.74, 6) is 0.692. The van der Waals surface area contributed by atoms with Crippen molar-refractivity contribution in [2.45, 2.75) is 20.5 Å². The average molecular weight is 358 g/mol. The minimum absolute atomic E-state index is 0.255. The smallest absolute Gasteiger partial charge is 0.249 e. The number of amides is 1. The molecule has 2 aromatic carbocycles. The number of benzene rings is 2. The molecule has 27 heavy (non-hydrogen) atoms.